The van der Waals surface area contributed by atoms with Crippen molar-refractivity contribution >= 4 is 0 Å². The third kappa shape index (κ3) is 1.94. The zero-order chi connectivity index (χ0) is 11.2. The van der Waals surface area contributed by atoms with Crippen LogP contribution in [0, 0.1) is 23.7 Å². The first-order valence-electron chi connectivity index (χ1n) is 7.84. The first kappa shape index (κ1) is 10.8. The van der Waals surface area contributed by atoms with Crippen molar-refractivity contribution in [2.24, 2.45) is 23.7 Å². The first-order chi connectivity index (χ1) is 8.38. The molecule has 2 bridgehead atoms. The van der Waals surface area contributed by atoms with E-state index >= 15 is 0 Å². The Morgan fingerprint density at radius 3 is 2.76 bits per heavy atom. The van der Waals surface area contributed by atoms with E-state index in [2.05, 4.69) is 10.2 Å². The van der Waals surface area contributed by atoms with Crippen molar-refractivity contribution in [3.8, 4) is 0 Å². The molecule has 2 heterocycles. The summed E-state index contributed by atoms with van der Waals surface area (Å²) in [5, 5.41) is 3.73. The van der Waals surface area contributed by atoms with Crippen LogP contribution in [0.25, 0.3) is 0 Å². The van der Waals surface area contributed by atoms with Crippen LogP contribution in [0.15, 0.2) is 0 Å². The van der Waals surface area contributed by atoms with Gasteiger partial charge in [0, 0.05) is 25.7 Å². The van der Waals surface area contributed by atoms with Gasteiger partial charge in [-0.2, -0.15) is 0 Å². The lowest BCUT2D eigenvalue weighted by molar-refractivity contribution is 0.213. The topological polar surface area (TPSA) is 15.3 Å². The fourth-order valence-electron chi connectivity index (χ4n) is 5.22. The Labute approximate surface area is 105 Å². The van der Waals surface area contributed by atoms with Crippen LogP contribution in [0.4, 0.5) is 0 Å². The van der Waals surface area contributed by atoms with E-state index in [0.717, 1.165) is 29.7 Å². The first-order valence-corrected chi connectivity index (χ1v) is 7.84. The Morgan fingerprint density at radius 1 is 1.00 bits per heavy atom. The van der Waals surface area contributed by atoms with Gasteiger partial charge in [-0.3, -0.25) is 0 Å². The summed E-state index contributed by atoms with van der Waals surface area (Å²) in [4.78, 5) is 2.79. The van der Waals surface area contributed by atoms with E-state index in [-0.39, 0.29) is 0 Å². The number of nitrogens with zero attached hydrogens (tertiary/aromatic N) is 1. The maximum absolute atomic E-state index is 3.73. The molecule has 4 fully saturated rings. The van der Waals surface area contributed by atoms with Gasteiger partial charge in [-0.25, -0.2) is 0 Å². The molecule has 0 aromatic heterocycles. The van der Waals surface area contributed by atoms with Gasteiger partial charge in [-0.15, -0.1) is 0 Å². The largest absolute Gasteiger partial charge is 0.312 e. The van der Waals surface area contributed by atoms with E-state index in [0.29, 0.717) is 0 Å². The molecule has 2 aliphatic carbocycles. The van der Waals surface area contributed by atoms with Crippen molar-refractivity contribution in [2.75, 3.05) is 26.2 Å². The molecule has 17 heavy (non-hydrogen) atoms. The van der Waals surface area contributed by atoms with E-state index in [4.69, 9.17) is 0 Å². The molecule has 0 amide bonds. The van der Waals surface area contributed by atoms with Crippen LogP contribution in [0.1, 0.15) is 38.5 Å². The third-order valence-electron chi connectivity index (χ3n) is 6.05. The molecule has 0 aromatic rings. The summed E-state index contributed by atoms with van der Waals surface area (Å²) in [6.45, 7) is 5.43. The smallest absolute Gasteiger partial charge is 0.0235 e. The molecule has 3 unspecified atom stereocenters. The molecule has 2 aliphatic heterocycles. The molecule has 0 aromatic carbocycles. The Hall–Kier alpha value is -0.0800. The van der Waals surface area contributed by atoms with Crippen molar-refractivity contribution in [1.29, 1.82) is 0 Å². The van der Waals surface area contributed by atoms with Gasteiger partial charge in [-0.1, -0.05) is 6.42 Å². The molecule has 2 saturated heterocycles. The van der Waals surface area contributed by atoms with E-state index in [9.17, 15) is 0 Å². The van der Waals surface area contributed by atoms with Crippen LogP contribution in [0.5, 0.6) is 0 Å². The van der Waals surface area contributed by atoms with Gasteiger partial charge in [0.2, 0.25) is 0 Å². The zero-order valence-electron chi connectivity index (χ0n) is 10.9. The van der Waals surface area contributed by atoms with Crippen LogP contribution >= 0.6 is 0 Å². The molecule has 1 N–H and O–H groups in total. The number of rotatable bonds is 2. The number of likely N-dealkylation sites (tertiary alicyclic amines) is 1. The molecular formula is C15H26N2. The van der Waals surface area contributed by atoms with Crippen LogP contribution < -0.4 is 5.32 Å². The Balaban J connectivity index is 1.35. The molecular weight excluding hydrogens is 208 g/mol. The normalized spacial score (nSPS) is 49.8. The van der Waals surface area contributed by atoms with Gasteiger partial charge in [0.25, 0.3) is 0 Å². The Kier molecular flexibility index (Phi) is 2.69. The summed E-state index contributed by atoms with van der Waals surface area (Å²) >= 11 is 0. The van der Waals surface area contributed by atoms with E-state index in [1.165, 1.54) is 39.0 Å². The highest BCUT2D eigenvalue weighted by molar-refractivity contribution is 4.96. The maximum atomic E-state index is 3.73. The predicted molar refractivity (Wildman–Crippen MR) is 69.9 cm³/mol. The second-order valence-corrected chi connectivity index (χ2v) is 7.12. The lowest BCUT2D eigenvalue weighted by Crippen LogP contribution is -2.41. The summed E-state index contributed by atoms with van der Waals surface area (Å²) in [5.74, 6) is 4.26. The van der Waals surface area contributed by atoms with Gasteiger partial charge in [-0.05, 0) is 62.3 Å². The minimum atomic E-state index is 0.836. The number of piperidine rings is 1. The molecule has 4 rings (SSSR count). The van der Waals surface area contributed by atoms with Gasteiger partial charge in [0.05, 0.1) is 0 Å². The van der Waals surface area contributed by atoms with Crippen molar-refractivity contribution < 1.29 is 0 Å². The quantitative estimate of drug-likeness (QED) is 0.787. The SMILES string of the molecule is C1CN[C@@H]2CN(CC3CC4CCC3C4)C[C@@H]2C1. The lowest BCUT2D eigenvalue weighted by Gasteiger charge is -2.27. The molecule has 2 nitrogen and oxygen atoms in total. The van der Waals surface area contributed by atoms with Crippen molar-refractivity contribution in [1.82, 2.24) is 10.2 Å². The number of hydrogen-bond donors (Lipinski definition) is 1. The van der Waals surface area contributed by atoms with Gasteiger partial charge >= 0.3 is 0 Å². The van der Waals surface area contributed by atoms with Crippen LogP contribution in [0.2, 0.25) is 0 Å². The minimum Gasteiger partial charge on any atom is -0.312 e. The highest BCUT2D eigenvalue weighted by Crippen LogP contribution is 2.48. The molecule has 2 heteroatoms. The fourth-order valence-corrected chi connectivity index (χ4v) is 5.22. The van der Waals surface area contributed by atoms with Gasteiger partial charge in [0.1, 0.15) is 0 Å². The van der Waals surface area contributed by atoms with Crippen molar-refractivity contribution in [2.45, 2.75) is 44.6 Å². The molecule has 96 valence electrons. The van der Waals surface area contributed by atoms with Crippen LogP contribution in [-0.4, -0.2) is 37.1 Å². The molecule has 4 aliphatic rings. The van der Waals surface area contributed by atoms with Gasteiger partial charge < -0.3 is 10.2 Å². The monoisotopic (exact) mass is 234 g/mol. The molecule has 2 saturated carbocycles. The average Bonchev–Trinajstić information content (AvgIpc) is 3.01. The summed E-state index contributed by atoms with van der Waals surface area (Å²) in [5.41, 5.74) is 0. The number of fused-ring (bicyclic) bond motifs is 3. The van der Waals surface area contributed by atoms with Crippen molar-refractivity contribution in [3.63, 3.8) is 0 Å². The highest BCUT2D eigenvalue weighted by atomic mass is 15.2. The van der Waals surface area contributed by atoms with E-state index in [1.54, 1.807) is 25.7 Å². The van der Waals surface area contributed by atoms with Crippen LogP contribution in [-0.2, 0) is 0 Å². The van der Waals surface area contributed by atoms with E-state index < -0.39 is 0 Å². The minimum absolute atomic E-state index is 0.836. The summed E-state index contributed by atoms with van der Waals surface area (Å²) in [6.07, 6.45) is 9.11. The third-order valence-corrected chi connectivity index (χ3v) is 6.05. The standard InChI is InChI=1S/C15H26N2/c1-2-13-8-17(10-15(13)16-5-1)9-14-7-11-3-4-12(14)6-11/h11-16H,1-10H2/t11?,12?,13-,14?,15+/m0/s1. The molecule has 0 radical (unpaired) electrons. The Bertz CT molecular complexity index is 277. The molecule has 5 atom stereocenters. The van der Waals surface area contributed by atoms with E-state index in [1.807, 2.05) is 0 Å². The lowest BCUT2D eigenvalue weighted by atomic mass is 9.88. The molecule has 0 spiro atoms. The summed E-state index contributed by atoms with van der Waals surface area (Å²) in [7, 11) is 0. The average molecular weight is 234 g/mol. The predicted octanol–water partition coefficient (Wildman–Crippen LogP) is 2.11. The maximum Gasteiger partial charge on any atom is 0.0235 e. The zero-order valence-corrected chi connectivity index (χ0v) is 10.9. The number of hydrogen-bond acceptors (Lipinski definition) is 2. The van der Waals surface area contributed by atoms with Crippen LogP contribution in [0.3, 0.4) is 0 Å². The second-order valence-electron chi connectivity index (χ2n) is 7.12. The second kappa shape index (κ2) is 4.24. The van der Waals surface area contributed by atoms with Crippen molar-refractivity contribution in [3.05, 3.63) is 0 Å². The number of nitrogens with one attached hydrogen (secondary N) is 1. The highest BCUT2D eigenvalue weighted by Gasteiger charge is 2.42. The van der Waals surface area contributed by atoms with Gasteiger partial charge in [0.15, 0.2) is 0 Å². The summed E-state index contributed by atoms with van der Waals surface area (Å²) < 4.78 is 0. The fraction of sp³-hybridized carbons (Fsp3) is 1.00. The summed E-state index contributed by atoms with van der Waals surface area (Å²) in [6, 6.07) is 0.836. The Morgan fingerprint density at radius 2 is 2.00 bits per heavy atom.